The molecule has 0 aromatic heterocycles. The number of halogens is 2. The minimum atomic E-state index is -0.701. The van der Waals surface area contributed by atoms with Crippen molar-refractivity contribution in [1.82, 2.24) is 15.8 Å². The first kappa shape index (κ1) is 21.9. The second-order valence-corrected chi connectivity index (χ2v) is 7.83. The van der Waals surface area contributed by atoms with Gasteiger partial charge in [0, 0.05) is 22.2 Å². The molecule has 1 saturated heterocycles. The summed E-state index contributed by atoms with van der Waals surface area (Å²) >= 11 is 11.9. The van der Waals surface area contributed by atoms with Gasteiger partial charge in [0.05, 0.1) is 0 Å². The van der Waals surface area contributed by atoms with Crippen LogP contribution in [0, 0.1) is 6.92 Å². The number of nitrogens with one attached hydrogen (secondary N) is 2. The maximum Gasteiger partial charge on any atom is 0.276 e. The molecule has 3 amide bonds. The Morgan fingerprint density at radius 3 is 2.53 bits per heavy atom. The summed E-state index contributed by atoms with van der Waals surface area (Å²) < 4.78 is 5.39. The van der Waals surface area contributed by atoms with E-state index in [2.05, 4.69) is 10.9 Å². The number of hydrogen-bond donors (Lipinski definition) is 2. The molecule has 1 aliphatic heterocycles. The van der Waals surface area contributed by atoms with Crippen LogP contribution in [0.2, 0.25) is 10.0 Å². The average molecular weight is 450 g/mol. The van der Waals surface area contributed by atoms with Crippen LogP contribution in [0.3, 0.4) is 0 Å². The van der Waals surface area contributed by atoms with E-state index in [-0.39, 0.29) is 12.5 Å². The first-order valence-corrected chi connectivity index (χ1v) is 10.1. The molecule has 1 atom stereocenters. The Bertz CT molecular complexity index is 947. The SMILES string of the molecule is Cc1cccc(OCC(=O)NNC(=O)C2CCCN2C(=O)c2cc(Cl)cc(Cl)c2)c1. The first-order chi connectivity index (χ1) is 14.3. The lowest BCUT2D eigenvalue weighted by molar-refractivity contribution is -0.131. The molecule has 0 saturated carbocycles. The lowest BCUT2D eigenvalue weighted by Gasteiger charge is -2.24. The molecule has 2 aromatic carbocycles. The van der Waals surface area contributed by atoms with E-state index < -0.39 is 17.9 Å². The molecular formula is C21H21Cl2N3O4. The zero-order valence-corrected chi connectivity index (χ0v) is 17.8. The Kier molecular flexibility index (Phi) is 7.18. The summed E-state index contributed by atoms with van der Waals surface area (Å²) in [6.07, 6.45) is 1.16. The van der Waals surface area contributed by atoms with Crippen LogP contribution in [0.25, 0.3) is 0 Å². The van der Waals surface area contributed by atoms with Crippen molar-refractivity contribution in [3.63, 3.8) is 0 Å². The van der Waals surface area contributed by atoms with Crippen molar-refractivity contribution in [2.45, 2.75) is 25.8 Å². The number of aryl methyl sites for hydroxylation is 1. The molecule has 1 aliphatic rings. The normalized spacial score (nSPS) is 15.6. The average Bonchev–Trinajstić information content (AvgIpc) is 3.19. The van der Waals surface area contributed by atoms with Crippen molar-refractivity contribution in [2.75, 3.05) is 13.2 Å². The van der Waals surface area contributed by atoms with Gasteiger partial charge < -0.3 is 9.64 Å². The van der Waals surface area contributed by atoms with E-state index >= 15 is 0 Å². The number of carbonyl (C=O) groups is 3. The summed E-state index contributed by atoms with van der Waals surface area (Å²) in [5, 5.41) is 0.679. The predicted molar refractivity (Wildman–Crippen MR) is 113 cm³/mol. The summed E-state index contributed by atoms with van der Waals surface area (Å²) in [7, 11) is 0. The molecule has 0 aliphatic carbocycles. The monoisotopic (exact) mass is 449 g/mol. The van der Waals surface area contributed by atoms with E-state index in [0.29, 0.717) is 40.7 Å². The van der Waals surface area contributed by atoms with Crippen molar-refractivity contribution >= 4 is 40.9 Å². The predicted octanol–water partition coefficient (Wildman–Crippen LogP) is 3.13. The van der Waals surface area contributed by atoms with Gasteiger partial charge in [0.2, 0.25) is 0 Å². The molecule has 158 valence electrons. The number of hydrogen-bond acceptors (Lipinski definition) is 4. The quantitative estimate of drug-likeness (QED) is 0.686. The summed E-state index contributed by atoms with van der Waals surface area (Å²) in [6.45, 7) is 2.09. The highest BCUT2D eigenvalue weighted by Gasteiger charge is 2.35. The molecule has 1 fully saturated rings. The topological polar surface area (TPSA) is 87.7 Å². The molecule has 0 spiro atoms. The fourth-order valence-corrected chi connectivity index (χ4v) is 3.76. The van der Waals surface area contributed by atoms with E-state index in [1.165, 1.54) is 23.1 Å². The largest absolute Gasteiger partial charge is 0.484 e. The standard InChI is InChI=1S/C21H21Cl2N3O4/c1-13-4-2-5-17(8-13)30-12-19(27)24-25-20(28)18-6-3-7-26(18)21(29)14-9-15(22)11-16(23)10-14/h2,4-5,8-11,18H,3,6-7,12H2,1H3,(H,24,27)(H,25,28). The second kappa shape index (κ2) is 9.82. The van der Waals surface area contributed by atoms with E-state index in [0.717, 1.165) is 5.56 Å². The number of ether oxygens (including phenoxy) is 1. The summed E-state index contributed by atoms with van der Waals surface area (Å²) in [6, 6.07) is 11.1. The van der Waals surface area contributed by atoms with Crippen LogP contribution in [0.5, 0.6) is 5.75 Å². The Balaban J connectivity index is 1.53. The molecule has 3 rings (SSSR count). The Morgan fingerprint density at radius 2 is 1.83 bits per heavy atom. The molecule has 9 heteroatoms. The molecule has 0 radical (unpaired) electrons. The van der Waals surface area contributed by atoms with Crippen LogP contribution < -0.4 is 15.6 Å². The van der Waals surface area contributed by atoms with Crippen LogP contribution in [-0.2, 0) is 9.59 Å². The first-order valence-electron chi connectivity index (χ1n) is 9.39. The molecule has 2 N–H and O–H groups in total. The van der Waals surface area contributed by atoms with Gasteiger partial charge in [0.1, 0.15) is 11.8 Å². The third-order valence-corrected chi connectivity index (χ3v) is 5.05. The zero-order valence-electron chi connectivity index (χ0n) is 16.3. The lowest BCUT2D eigenvalue weighted by atomic mass is 10.1. The van der Waals surface area contributed by atoms with Crippen molar-refractivity contribution in [2.24, 2.45) is 0 Å². The van der Waals surface area contributed by atoms with Gasteiger partial charge in [-0.25, -0.2) is 0 Å². The van der Waals surface area contributed by atoms with Gasteiger partial charge in [0.15, 0.2) is 6.61 Å². The zero-order chi connectivity index (χ0) is 21.7. The number of likely N-dealkylation sites (tertiary alicyclic amines) is 1. The Labute approximate surface area is 184 Å². The number of rotatable bonds is 5. The number of hydrazine groups is 1. The van der Waals surface area contributed by atoms with E-state index in [1.54, 1.807) is 12.1 Å². The molecule has 1 unspecified atom stereocenters. The van der Waals surface area contributed by atoms with E-state index in [1.807, 2.05) is 19.1 Å². The fraction of sp³-hybridized carbons (Fsp3) is 0.286. The van der Waals surface area contributed by atoms with E-state index in [4.69, 9.17) is 27.9 Å². The molecule has 30 heavy (non-hydrogen) atoms. The smallest absolute Gasteiger partial charge is 0.276 e. The van der Waals surface area contributed by atoms with Crippen LogP contribution >= 0.6 is 23.2 Å². The fourth-order valence-electron chi connectivity index (χ4n) is 3.23. The van der Waals surface area contributed by atoms with Crippen LogP contribution in [0.1, 0.15) is 28.8 Å². The minimum absolute atomic E-state index is 0.252. The number of amides is 3. The lowest BCUT2D eigenvalue weighted by Crippen LogP contribution is -2.52. The molecule has 0 bridgehead atoms. The van der Waals surface area contributed by atoms with Crippen molar-refractivity contribution in [3.8, 4) is 5.75 Å². The van der Waals surface area contributed by atoms with Crippen molar-refractivity contribution < 1.29 is 19.1 Å². The molecule has 1 heterocycles. The van der Waals surface area contributed by atoms with Gasteiger partial charge in [-0.1, -0.05) is 35.3 Å². The summed E-state index contributed by atoms with van der Waals surface area (Å²) in [5.74, 6) is -0.768. The van der Waals surface area contributed by atoms with Crippen LogP contribution in [0.15, 0.2) is 42.5 Å². The second-order valence-electron chi connectivity index (χ2n) is 6.96. The number of benzene rings is 2. The molecule has 7 nitrogen and oxygen atoms in total. The third-order valence-electron chi connectivity index (χ3n) is 4.61. The van der Waals surface area contributed by atoms with Gasteiger partial charge >= 0.3 is 0 Å². The van der Waals surface area contributed by atoms with Gasteiger partial charge in [-0.15, -0.1) is 0 Å². The Morgan fingerprint density at radius 1 is 1.10 bits per heavy atom. The maximum atomic E-state index is 12.8. The van der Waals surface area contributed by atoms with Crippen molar-refractivity contribution in [3.05, 3.63) is 63.6 Å². The minimum Gasteiger partial charge on any atom is -0.484 e. The number of carbonyl (C=O) groups excluding carboxylic acids is 3. The highest BCUT2D eigenvalue weighted by molar-refractivity contribution is 6.35. The van der Waals surface area contributed by atoms with Crippen LogP contribution in [-0.4, -0.2) is 41.8 Å². The highest BCUT2D eigenvalue weighted by Crippen LogP contribution is 2.24. The van der Waals surface area contributed by atoms with Crippen molar-refractivity contribution in [1.29, 1.82) is 0 Å². The number of nitrogens with zero attached hydrogens (tertiary/aromatic N) is 1. The Hall–Kier alpha value is -2.77. The summed E-state index contributed by atoms with van der Waals surface area (Å²) in [4.78, 5) is 38.8. The van der Waals surface area contributed by atoms with E-state index in [9.17, 15) is 14.4 Å². The van der Waals surface area contributed by atoms with Gasteiger partial charge in [-0.2, -0.15) is 0 Å². The maximum absolute atomic E-state index is 12.8. The third kappa shape index (κ3) is 5.64. The summed E-state index contributed by atoms with van der Waals surface area (Å²) in [5.41, 5.74) is 6.00. The highest BCUT2D eigenvalue weighted by atomic mass is 35.5. The van der Waals surface area contributed by atoms with Crippen LogP contribution in [0.4, 0.5) is 0 Å². The molecule has 2 aromatic rings. The molecular weight excluding hydrogens is 429 g/mol. The van der Waals surface area contributed by atoms with Gasteiger partial charge in [-0.3, -0.25) is 25.2 Å². The van der Waals surface area contributed by atoms with Gasteiger partial charge in [0.25, 0.3) is 17.7 Å². The van der Waals surface area contributed by atoms with Gasteiger partial charge in [-0.05, 0) is 55.7 Å².